The maximum atomic E-state index is 12.0. The zero-order chi connectivity index (χ0) is 15.3. The van der Waals surface area contributed by atoms with E-state index in [1.54, 1.807) is 11.0 Å². The first-order valence-corrected chi connectivity index (χ1v) is 6.79. The lowest BCUT2D eigenvalue weighted by Crippen LogP contribution is -2.56. The fraction of sp³-hybridized carbons (Fsp3) is 0.643. The first-order valence-electron chi connectivity index (χ1n) is 6.79. The van der Waals surface area contributed by atoms with Crippen molar-refractivity contribution >= 4 is 17.8 Å². The molecule has 0 aliphatic carbocycles. The van der Waals surface area contributed by atoms with Gasteiger partial charge in [-0.15, -0.1) is 0 Å². The van der Waals surface area contributed by atoms with Crippen molar-refractivity contribution in [3.05, 3.63) is 11.6 Å². The predicted molar refractivity (Wildman–Crippen MR) is 73.8 cm³/mol. The van der Waals surface area contributed by atoms with Crippen molar-refractivity contribution in [2.24, 2.45) is 0 Å². The molecule has 0 N–H and O–H groups in total. The number of nitrogens with zero attached hydrogens (tertiary/aromatic N) is 2. The van der Waals surface area contributed by atoms with Crippen LogP contribution in [0.5, 0.6) is 0 Å². The number of esters is 1. The summed E-state index contributed by atoms with van der Waals surface area (Å²) in [5.41, 5.74) is 0.513. The molecule has 6 heteroatoms. The lowest BCUT2D eigenvalue weighted by Gasteiger charge is -2.35. The van der Waals surface area contributed by atoms with Crippen LogP contribution in [0.15, 0.2) is 11.6 Å². The Bertz CT molecular complexity index is 429. The van der Waals surface area contributed by atoms with Gasteiger partial charge in [-0.05, 0) is 20.3 Å². The van der Waals surface area contributed by atoms with Gasteiger partial charge in [0.1, 0.15) is 0 Å². The Balaban J connectivity index is 2.71. The molecule has 6 nitrogen and oxygen atoms in total. The standard InChI is InChI=1S/C14H22N2O4/c1-5-11(14(19)20-4)6-7-15-8-9-16(10(2)3)13(18)12(15)17/h6,10H,5,7-9H2,1-4H3. The third kappa shape index (κ3) is 3.59. The van der Waals surface area contributed by atoms with Crippen molar-refractivity contribution in [2.75, 3.05) is 26.7 Å². The minimum atomic E-state index is -0.512. The fourth-order valence-corrected chi connectivity index (χ4v) is 2.08. The van der Waals surface area contributed by atoms with Gasteiger partial charge in [0.05, 0.1) is 7.11 Å². The highest BCUT2D eigenvalue weighted by Gasteiger charge is 2.33. The number of hydrogen-bond donors (Lipinski definition) is 0. The van der Waals surface area contributed by atoms with Crippen LogP contribution >= 0.6 is 0 Å². The van der Waals surface area contributed by atoms with Gasteiger partial charge in [0.2, 0.25) is 0 Å². The van der Waals surface area contributed by atoms with E-state index in [-0.39, 0.29) is 12.6 Å². The molecule has 1 saturated heterocycles. The Labute approximate surface area is 119 Å². The number of methoxy groups -OCH3 is 1. The van der Waals surface area contributed by atoms with Crippen LogP contribution in [0.3, 0.4) is 0 Å². The molecule has 1 aliphatic rings. The summed E-state index contributed by atoms with van der Waals surface area (Å²) in [5, 5.41) is 0. The molecule has 1 aliphatic heterocycles. The van der Waals surface area contributed by atoms with Gasteiger partial charge in [0, 0.05) is 31.2 Å². The molecule has 20 heavy (non-hydrogen) atoms. The van der Waals surface area contributed by atoms with Gasteiger partial charge in [-0.3, -0.25) is 9.59 Å². The molecule has 0 aromatic rings. The van der Waals surface area contributed by atoms with Crippen LogP contribution in [0, 0.1) is 0 Å². The number of ether oxygens (including phenoxy) is 1. The SMILES string of the molecule is CCC(=CCN1CCN(C(C)C)C(=O)C1=O)C(=O)OC. The van der Waals surface area contributed by atoms with Gasteiger partial charge in [-0.25, -0.2) is 4.79 Å². The van der Waals surface area contributed by atoms with Crippen molar-refractivity contribution in [1.82, 2.24) is 9.80 Å². The summed E-state index contributed by atoms with van der Waals surface area (Å²) >= 11 is 0. The summed E-state index contributed by atoms with van der Waals surface area (Å²) in [7, 11) is 1.32. The van der Waals surface area contributed by atoms with Crippen LogP contribution in [0.2, 0.25) is 0 Å². The highest BCUT2D eigenvalue weighted by atomic mass is 16.5. The molecule has 0 atom stereocenters. The first kappa shape index (κ1) is 16.2. The quantitative estimate of drug-likeness (QED) is 0.420. The van der Waals surface area contributed by atoms with Crippen LogP contribution in [0.4, 0.5) is 0 Å². The first-order chi connectivity index (χ1) is 9.42. The molecule has 0 unspecified atom stereocenters. The Hall–Kier alpha value is -1.85. The maximum Gasteiger partial charge on any atom is 0.333 e. The largest absolute Gasteiger partial charge is 0.466 e. The molecule has 1 fully saturated rings. The lowest BCUT2D eigenvalue weighted by atomic mass is 10.1. The van der Waals surface area contributed by atoms with Crippen molar-refractivity contribution in [3.8, 4) is 0 Å². The maximum absolute atomic E-state index is 12.0. The van der Waals surface area contributed by atoms with E-state index in [1.807, 2.05) is 20.8 Å². The minimum Gasteiger partial charge on any atom is -0.466 e. The van der Waals surface area contributed by atoms with Gasteiger partial charge >= 0.3 is 17.8 Å². The third-order valence-corrected chi connectivity index (χ3v) is 3.35. The Morgan fingerprint density at radius 1 is 1.30 bits per heavy atom. The summed E-state index contributed by atoms with van der Waals surface area (Å²) < 4.78 is 4.65. The number of carbonyl (C=O) groups excluding carboxylic acids is 3. The van der Waals surface area contributed by atoms with E-state index in [0.717, 1.165) is 0 Å². The van der Waals surface area contributed by atoms with E-state index in [9.17, 15) is 14.4 Å². The monoisotopic (exact) mass is 282 g/mol. The average Bonchev–Trinajstić information content (AvgIpc) is 2.43. The van der Waals surface area contributed by atoms with Gasteiger partial charge in [0.25, 0.3) is 0 Å². The average molecular weight is 282 g/mol. The number of piperazine rings is 1. The number of hydrogen-bond acceptors (Lipinski definition) is 4. The second-order valence-corrected chi connectivity index (χ2v) is 4.92. The normalized spacial score (nSPS) is 16.9. The number of amides is 2. The van der Waals surface area contributed by atoms with Crippen LogP contribution in [-0.2, 0) is 19.1 Å². The van der Waals surface area contributed by atoms with E-state index < -0.39 is 17.8 Å². The summed E-state index contributed by atoms with van der Waals surface area (Å²) in [5.74, 6) is -1.38. The van der Waals surface area contributed by atoms with Crippen LogP contribution in [0.25, 0.3) is 0 Å². The van der Waals surface area contributed by atoms with E-state index in [4.69, 9.17) is 0 Å². The molecule has 0 aromatic carbocycles. The molecule has 0 saturated carbocycles. The topological polar surface area (TPSA) is 66.9 Å². The second kappa shape index (κ2) is 7.07. The lowest BCUT2D eigenvalue weighted by molar-refractivity contribution is -0.156. The Morgan fingerprint density at radius 2 is 1.95 bits per heavy atom. The third-order valence-electron chi connectivity index (χ3n) is 3.35. The van der Waals surface area contributed by atoms with Crippen molar-refractivity contribution < 1.29 is 19.1 Å². The Morgan fingerprint density at radius 3 is 2.45 bits per heavy atom. The number of rotatable bonds is 5. The molecular formula is C14H22N2O4. The molecule has 0 aromatic heterocycles. The summed E-state index contributed by atoms with van der Waals surface area (Å²) in [6, 6.07) is 0.0189. The molecular weight excluding hydrogens is 260 g/mol. The van der Waals surface area contributed by atoms with Crippen molar-refractivity contribution in [3.63, 3.8) is 0 Å². The molecule has 1 rings (SSSR count). The van der Waals surface area contributed by atoms with Crippen LogP contribution < -0.4 is 0 Å². The smallest absolute Gasteiger partial charge is 0.333 e. The molecule has 0 spiro atoms. The molecule has 112 valence electrons. The highest BCUT2D eigenvalue weighted by molar-refractivity contribution is 6.35. The zero-order valence-electron chi connectivity index (χ0n) is 12.5. The van der Waals surface area contributed by atoms with Gasteiger partial charge in [-0.1, -0.05) is 13.0 Å². The summed E-state index contributed by atoms with van der Waals surface area (Å²) in [4.78, 5) is 38.3. The van der Waals surface area contributed by atoms with Crippen molar-refractivity contribution in [2.45, 2.75) is 33.2 Å². The minimum absolute atomic E-state index is 0.0189. The van der Waals surface area contributed by atoms with Gasteiger partial charge in [-0.2, -0.15) is 0 Å². The van der Waals surface area contributed by atoms with E-state index in [1.165, 1.54) is 12.0 Å². The molecule has 2 amide bonds. The highest BCUT2D eigenvalue weighted by Crippen LogP contribution is 2.10. The fourth-order valence-electron chi connectivity index (χ4n) is 2.08. The summed E-state index contributed by atoms with van der Waals surface area (Å²) in [6.07, 6.45) is 2.18. The van der Waals surface area contributed by atoms with E-state index in [2.05, 4.69) is 4.74 Å². The van der Waals surface area contributed by atoms with E-state index >= 15 is 0 Å². The van der Waals surface area contributed by atoms with Crippen LogP contribution in [0.1, 0.15) is 27.2 Å². The molecule has 1 heterocycles. The van der Waals surface area contributed by atoms with Crippen molar-refractivity contribution in [1.29, 1.82) is 0 Å². The zero-order valence-corrected chi connectivity index (χ0v) is 12.5. The molecule has 0 bridgehead atoms. The van der Waals surface area contributed by atoms with E-state index in [0.29, 0.717) is 25.1 Å². The van der Waals surface area contributed by atoms with Gasteiger partial charge < -0.3 is 14.5 Å². The van der Waals surface area contributed by atoms with Crippen LogP contribution in [-0.4, -0.2) is 60.4 Å². The Kier molecular flexibility index (Phi) is 5.73. The van der Waals surface area contributed by atoms with Gasteiger partial charge in [0.15, 0.2) is 0 Å². The number of carbonyl (C=O) groups is 3. The molecule has 0 radical (unpaired) electrons. The predicted octanol–water partition coefficient (Wildman–Crippen LogP) is 0.575. The second-order valence-electron chi connectivity index (χ2n) is 4.92. The summed E-state index contributed by atoms with van der Waals surface area (Å²) in [6.45, 7) is 6.87.